The Hall–Kier alpha value is -3.12. The average Bonchev–Trinajstić information content (AvgIpc) is 3.43. The van der Waals surface area contributed by atoms with Crippen LogP contribution in [0.3, 0.4) is 0 Å². The van der Waals surface area contributed by atoms with Crippen molar-refractivity contribution in [3.8, 4) is 0 Å². The quantitative estimate of drug-likeness (QED) is 0.0508. The zero-order chi connectivity index (χ0) is 40.4. The number of nitrogens with zero attached hydrogens (tertiary/aromatic N) is 1. The Morgan fingerprint density at radius 1 is 0.855 bits per heavy atom. The highest BCUT2D eigenvalue weighted by Crippen LogP contribution is 2.34. The molecule has 20 heteroatoms. The lowest BCUT2D eigenvalue weighted by Crippen LogP contribution is -2.68. The van der Waals surface area contributed by atoms with Gasteiger partial charge in [-0.1, -0.05) is 51.5 Å². The van der Waals surface area contributed by atoms with Crippen LogP contribution in [0, 0.1) is 0 Å². The van der Waals surface area contributed by atoms with E-state index in [1.807, 2.05) is 4.98 Å². The van der Waals surface area contributed by atoms with Crippen LogP contribution in [0.2, 0.25) is 0 Å². The fourth-order valence-corrected chi connectivity index (χ4v) is 6.97. The molecule has 1 aromatic heterocycles. The van der Waals surface area contributed by atoms with Crippen molar-refractivity contribution in [1.82, 2.24) is 20.2 Å². The summed E-state index contributed by atoms with van der Waals surface area (Å²) in [6.45, 7) is 2.49. The van der Waals surface area contributed by atoms with Gasteiger partial charge >= 0.3 is 5.69 Å². The lowest BCUT2D eigenvalue weighted by molar-refractivity contribution is -0.346. The second-order valence-electron chi connectivity index (χ2n) is 14.2. The first-order valence-corrected chi connectivity index (χ1v) is 18.7. The summed E-state index contributed by atoms with van der Waals surface area (Å²) in [5, 5.41) is 91.1. The molecule has 2 amide bonds. The van der Waals surface area contributed by atoms with Crippen molar-refractivity contribution in [2.45, 2.75) is 164 Å². The zero-order valence-electron chi connectivity index (χ0n) is 30.8. The number of ether oxygens (including phenoxy) is 4. The van der Waals surface area contributed by atoms with Crippen molar-refractivity contribution in [2.24, 2.45) is 0 Å². The predicted octanol–water partition coefficient (Wildman–Crippen LogP) is -3.50. The molecule has 15 atom stereocenters. The van der Waals surface area contributed by atoms with E-state index in [0.717, 1.165) is 55.9 Å². The summed E-state index contributed by atoms with van der Waals surface area (Å²) in [6.07, 6.45) is -10.3. The van der Waals surface area contributed by atoms with Crippen molar-refractivity contribution < 1.29 is 69.4 Å². The first-order chi connectivity index (χ1) is 26.2. The Morgan fingerprint density at radius 2 is 1.45 bits per heavy atom. The van der Waals surface area contributed by atoms with E-state index in [9.17, 15) is 60.0 Å². The Labute approximate surface area is 316 Å². The number of allylic oxidation sites excluding steroid dienone is 1. The fraction of sp³-hybridized carbons (Fsp3) is 0.771. The minimum absolute atomic E-state index is 0.597. The van der Waals surface area contributed by atoms with E-state index in [1.54, 1.807) is 6.08 Å². The summed E-state index contributed by atoms with van der Waals surface area (Å²) in [6, 6.07) is -2.01. The van der Waals surface area contributed by atoms with Crippen molar-refractivity contribution in [2.75, 3.05) is 6.61 Å². The van der Waals surface area contributed by atoms with Gasteiger partial charge in [-0.3, -0.25) is 23.9 Å². The van der Waals surface area contributed by atoms with Gasteiger partial charge in [-0.05, 0) is 18.9 Å². The Kier molecular flexibility index (Phi) is 16.9. The van der Waals surface area contributed by atoms with Crippen LogP contribution in [0.15, 0.2) is 34.0 Å². The standard InChI is InChI=1S/C35H56N4O16/c1-3-4-5-6-7-8-9-10-11-12-21(43)37-24-28(48)25(45)19(52-34(24)55-33-23(36-17(2)41)27(47)26(46)20(16-40)53-33)15-18(42)31-29(49)30(50)32(54-31)39-14-13-22(44)38-35(39)51/h11-14,18-20,23-34,40,42,45-50H,3-10,15-16H2,1-2H3,(H,36,41)(H,37,43)(H,38,44,51)/b12-11+. The lowest BCUT2D eigenvalue weighted by Gasteiger charge is -2.47. The topological polar surface area (TPSA) is 312 Å². The van der Waals surface area contributed by atoms with E-state index in [1.165, 1.54) is 18.9 Å². The number of amides is 2. The molecular formula is C35H56N4O16. The molecule has 0 radical (unpaired) electrons. The van der Waals surface area contributed by atoms with Crippen LogP contribution in [0.25, 0.3) is 0 Å². The van der Waals surface area contributed by atoms with Gasteiger partial charge in [-0.15, -0.1) is 0 Å². The van der Waals surface area contributed by atoms with E-state index in [0.29, 0.717) is 6.42 Å². The fourth-order valence-electron chi connectivity index (χ4n) is 6.97. The minimum atomic E-state index is -1.85. The number of rotatable bonds is 18. The van der Waals surface area contributed by atoms with Gasteiger partial charge in [-0.25, -0.2) is 4.79 Å². The maximum absolute atomic E-state index is 13.1. The summed E-state index contributed by atoms with van der Waals surface area (Å²) in [4.78, 5) is 50.9. The highest BCUT2D eigenvalue weighted by atomic mass is 16.8. The number of H-pyrrole nitrogens is 1. The van der Waals surface area contributed by atoms with Gasteiger partial charge in [0.05, 0.1) is 18.8 Å². The zero-order valence-corrected chi connectivity index (χ0v) is 30.8. The summed E-state index contributed by atoms with van der Waals surface area (Å²) >= 11 is 0. The molecule has 0 saturated carbocycles. The molecule has 3 fully saturated rings. The number of nitrogens with one attached hydrogen (secondary N) is 3. The molecule has 0 aromatic carbocycles. The van der Waals surface area contributed by atoms with E-state index in [-0.39, 0.29) is 0 Å². The first-order valence-electron chi connectivity index (χ1n) is 18.7. The molecule has 0 bridgehead atoms. The maximum atomic E-state index is 13.1. The molecule has 11 N–H and O–H groups in total. The highest BCUT2D eigenvalue weighted by molar-refractivity contribution is 5.87. The molecule has 15 unspecified atom stereocenters. The predicted molar refractivity (Wildman–Crippen MR) is 189 cm³/mol. The number of aliphatic hydroxyl groups excluding tert-OH is 8. The van der Waals surface area contributed by atoms with E-state index in [4.69, 9.17) is 18.9 Å². The van der Waals surface area contributed by atoms with E-state index < -0.39 is 128 Å². The van der Waals surface area contributed by atoms with Crippen molar-refractivity contribution in [3.63, 3.8) is 0 Å². The molecule has 55 heavy (non-hydrogen) atoms. The number of unbranched alkanes of at least 4 members (excludes halogenated alkanes) is 7. The number of carbonyl (C=O) groups is 2. The molecular weight excluding hydrogens is 732 g/mol. The van der Waals surface area contributed by atoms with Crippen LogP contribution in [0.4, 0.5) is 0 Å². The van der Waals surface area contributed by atoms with Crippen molar-refractivity contribution >= 4 is 11.8 Å². The third-order valence-corrected chi connectivity index (χ3v) is 10.0. The number of hydrogen-bond acceptors (Lipinski definition) is 16. The molecule has 1 aromatic rings. The number of aromatic nitrogens is 2. The molecule has 20 nitrogen and oxygen atoms in total. The third kappa shape index (κ3) is 11.5. The Bertz CT molecular complexity index is 1530. The normalized spacial score (nSPS) is 35.8. The van der Waals surface area contributed by atoms with Crippen LogP contribution in [0.5, 0.6) is 0 Å². The highest BCUT2D eigenvalue weighted by Gasteiger charge is 2.53. The van der Waals surface area contributed by atoms with Gasteiger partial charge in [0.1, 0.15) is 60.9 Å². The minimum Gasteiger partial charge on any atom is -0.394 e. The molecule has 3 aliphatic rings. The van der Waals surface area contributed by atoms with Crippen LogP contribution < -0.4 is 21.9 Å². The van der Waals surface area contributed by atoms with Gasteiger partial charge in [0, 0.05) is 25.6 Å². The van der Waals surface area contributed by atoms with Crippen LogP contribution in [0.1, 0.15) is 77.9 Å². The largest absolute Gasteiger partial charge is 0.394 e. The van der Waals surface area contributed by atoms with Gasteiger partial charge in [0.15, 0.2) is 18.8 Å². The summed E-state index contributed by atoms with van der Waals surface area (Å²) < 4.78 is 24.0. The first kappa shape index (κ1) is 44.6. The maximum Gasteiger partial charge on any atom is 0.330 e. The van der Waals surface area contributed by atoms with Crippen LogP contribution >= 0.6 is 0 Å². The monoisotopic (exact) mass is 788 g/mol. The SMILES string of the molecule is CCCCCCCCC/C=C/C(=O)NC1C(OC2OC(CO)C(O)C(O)C2NC(C)=O)OC(CC(O)C2OC(n3ccc(=O)[nH]c3=O)C(O)C2O)C(O)C1O. The summed E-state index contributed by atoms with van der Waals surface area (Å²) in [7, 11) is 0. The van der Waals surface area contributed by atoms with Gasteiger partial charge < -0.3 is 70.4 Å². The molecule has 0 aliphatic carbocycles. The number of hydrogen-bond donors (Lipinski definition) is 11. The van der Waals surface area contributed by atoms with E-state index >= 15 is 0 Å². The third-order valence-electron chi connectivity index (χ3n) is 10.0. The smallest absolute Gasteiger partial charge is 0.330 e. The lowest BCUT2D eigenvalue weighted by atomic mass is 9.91. The molecule has 4 heterocycles. The molecule has 3 aliphatic heterocycles. The summed E-state index contributed by atoms with van der Waals surface area (Å²) in [5.41, 5.74) is -1.68. The van der Waals surface area contributed by atoms with Gasteiger partial charge in [-0.2, -0.15) is 0 Å². The van der Waals surface area contributed by atoms with Gasteiger partial charge in [0.25, 0.3) is 5.56 Å². The second kappa shape index (κ2) is 20.9. The second-order valence-corrected chi connectivity index (χ2v) is 14.2. The molecule has 312 valence electrons. The Morgan fingerprint density at radius 3 is 2.07 bits per heavy atom. The number of aliphatic hydroxyl groups is 8. The Balaban J connectivity index is 1.51. The molecule has 3 saturated heterocycles. The van der Waals surface area contributed by atoms with Crippen molar-refractivity contribution in [3.05, 3.63) is 45.3 Å². The number of aromatic amines is 1. The molecule has 4 rings (SSSR count). The number of carbonyl (C=O) groups excluding carboxylic acids is 2. The van der Waals surface area contributed by atoms with Crippen LogP contribution in [-0.2, 0) is 28.5 Å². The molecule has 0 spiro atoms. The van der Waals surface area contributed by atoms with Crippen LogP contribution in [-0.4, -0.2) is 155 Å². The van der Waals surface area contributed by atoms with Crippen molar-refractivity contribution in [1.29, 1.82) is 0 Å². The van der Waals surface area contributed by atoms with E-state index in [2.05, 4.69) is 17.6 Å². The van der Waals surface area contributed by atoms with Gasteiger partial charge in [0.2, 0.25) is 11.8 Å². The summed E-state index contributed by atoms with van der Waals surface area (Å²) in [5.74, 6) is -1.35. The average molecular weight is 789 g/mol.